The Kier molecular flexibility index (Phi) is 6.25. The molecule has 6 rings (SSSR count). The van der Waals surface area contributed by atoms with Crippen molar-refractivity contribution in [3.8, 4) is 11.1 Å². The first-order valence-corrected chi connectivity index (χ1v) is 13.5. The molecule has 198 valence electrons. The molecule has 0 bridgehead atoms. The zero-order chi connectivity index (χ0) is 27.4. The van der Waals surface area contributed by atoms with Crippen molar-refractivity contribution in [2.75, 3.05) is 11.9 Å². The van der Waals surface area contributed by atoms with Gasteiger partial charge >= 0.3 is 0 Å². The van der Waals surface area contributed by atoms with Crippen molar-refractivity contribution in [2.45, 2.75) is 33.4 Å². The molecule has 11 heteroatoms. The van der Waals surface area contributed by atoms with E-state index >= 15 is 0 Å². The quantitative estimate of drug-likeness (QED) is 0.268. The molecular weight excluding hydrogens is 562 g/mol. The molecule has 39 heavy (non-hydrogen) atoms. The van der Waals surface area contributed by atoms with Crippen LogP contribution in [0.4, 0.5) is 5.82 Å². The SMILES string of the molecule is CC(=O)c1nn(CC(=O)N2C[C@@H]3C(C)[C@@H]3[C@H]2C(=O)Nc2cccc(Br)n2)c2ccc(-c3cnc(C)nc3)cc12. The third-order valence-electron chi connectivity index (χ3n) is 7.78. The normalized spacial score (nSPS) is 21.6. The highest BCUT2D eigenvalue weighted by atomic mass is 79.9. The summed E-state index contributed by atoms with van der Waals surface area (Å²) < 4.78 is 2.17. The van der Waals surface area contributed by atoms with Gasteiger partial charge in [-0.05, 0) is 70.4 Å². The number of anilines is 1. The number of fused-ring (bicyclic) bond motifs is 2. The third kappa shape index (κ3) is 4.60. The van der Waals surface area contributed by atoms with Crippen molar-refractivity contribution in [2.24, 2.45) is 17.8 Å². The zero-order valence-electron chi connectivity index (χ0n) is 21.6. The smallest absolute Gasteiger partial charge is 0.248 e. The predicted octanol–water partition coefficient (Wildman–Crippen LogP) is 3.89. The van der Waals surface area contributed by atoms with Crippen LogP contribution in [-0.2, 0) is 16.1 Å². The second-order valence-corrected chi connectivity index (χ2v) is 11.1. The number of pyridine rings is 1. The van der Waals surface area contributed by atoms with Crippen LogP contribution in [-0.4, -0.2) is 59.8 Å². The topological polar surface area (TPSA) is 123 Å². The van der Waals surface area contributed by atoms with Gasteiger partial charge in [-0.25, -0.2) is 15.0 Å². The molecule has 3 aromatic heterocycles. The molecule has 2 fully saturated rings. The lowest BCUT2D eigenvalue weighted by atomic mass is 10.0. The minimum Gasteiger partial charge on any atom is -0.328 e. The number of nitrogens with one attached hydrogen (secondary N) is 1. The molecule has 10 nitrogen and oxygen atoms in total. The van der Waals surface area contributed by atoms with Crippen molar-refractivity contribution >= 4 is 50.2 Å². The molecule has 0 spiro atoms. The Morgan fingerprint density at radius 2 is 1.87 bits per heavy atom. The number of hydrogen-bond donors (Lipinski definition) is 1. The largest absolute Gasteiger partial charge is 0.328 e. The van der Waals surface area contributed by atoms with Crippen LogP contribution < -0.4 is 5.32 Å². The lowest BCUT2D eigenvalue weighted by molar-refractivity contribution is -0.138. The number of Topliss-reactive ketones (excluding diaryl/α,β-unsaturated/α-hetero) is 1. The number of nitrogens with zero attached hydrogens (tertiary/aromatic N) is 6. The van der Waals surface area contributed by atoms with Crippen LogP contribution in [0.3, 0.4) is 0 Å². The molecule has 1 unspecified atom stereocenters. The minimum atomic E-state index is -0.583. The highest BCUT2D eigenvalue weighted by molar-refractivity contribution is 9.10. The van der Waals surface area contributed by atoms with Gasteiger partial charge in [-0.15, -0.1) is 0 Å². The molecule has 2 aliphatic rings. The lowest BCUT2D eigenvalue weighted by Gasteiger charge is -2.27. The first-order valence-electron chi connectivity index (χ1n) is 12.7. The Balaban J connectivity index is 1.27. The number of carbonyl (C=O) groups excluding carboxylic acids is 3. The molecule has 1 saturated heterocycles. The number of likely N-dealkylation sites (tertiary alicyclic amines) is 1. The molecule has 1 aliphatic carbocycles. The van der Waals surface area contributed by atoms with E-state index in [-0.39, 0.29) is 30.1 Å². The Labute approximate surface area is 233 Å². The second kappa shape index (κ2) is 9.64. The summed E-state index contributed by atoms with van der Waals surface area (Å²) in [6, 6.07) is 10.3. The van der Waals surface area contributed by atoms with Gasteiger partial charge in [-0.3, -0.25) is 19.1 Å². The zero-order valence-corrected chi connectivity index (χ0v) is 23.2. The maximum Gasteiger partial charge on any atom is 0.248 e. The molecule has 1 aliphatic heterocycles. The summed E-state index contributed by atoms with van der Waals surface area (Å²) in [5.74, 6) is 1.22. The van der Waals surface area contributed by atoms with Crippen LogP contribution in [0.2, 0.25) is 0 Å². The number of aromatic nitrogens is 5. The van der Waals surface area contributed by atoms with Crippen LogP contribution in [0.25, 0.3) is 22.0 Å². The molecule has 0 radical (unpaired) electrons. The number of piperidine rings is 1. The monoisotopic (exact) mass is 587 g/mol. The van der Waals surface area contributed by atoms with Gasteiger partial charge in [0, 0.05) is 36.8 Å². The van der Waals surface area contributed by atoms with Crippen molar-refractivity contribution in [1.82, 2.24) is 29.6 Å². The summed E-state index contributed by atoms with van der Waals surface area (Å²) in [6.07, 6.45) is 3.47. The summed E-state index contributed by atoms with van der Waals surface area (Å²) in [5.41, 5.74) is 2.63. The van der Waals surface area contributed by atoms with E-state index in [0.29, 0.717) is 51.2 Å². The molecule has 1 aromatic carbocycles. The van der Waals surface area contributed by atoms with Gasteiger partial charge in [0.05, 0.1) is 5.52 Å². The Morgan fingerprint density at radius 3 is 2.59 bits per heavy atom. The number of halogens is 1. The first-order chi connectivity index (χ1) is 18.7. The average molecular weight is 588 g/mol. The predicted molar refractivity (Wildman–Crippen MR) is 148 cm³/mol. The van der Waals surface area contributed by atoms with E-state index in [1.165, 1.54) is 6.92 Å². The summed E-state index contributed by atoms with van der Waals surface area (Å²) in [4.78, 5) is 53.9. The molecule has 4 aromatic rings. The van der Waals surface area contributed by atoms with Gasteiger partial charge in [0.2, 0.25) is 11.8 Å². The van der Waals surface area contributed by atoms with Crippen LogP contribution in [0.15, 0.2) is 53.4 Å². The molecule has 1 saturated carbocycles. The second-order valence-electron chi connectivity index (χ2n) is 10.2. The van der Waals surface area contributed by atoms with E-state index in [4.69, 9.17) is 0 Å². The molecular formula is C28H26BrN7O3. The van der Waals surface area contributed by atoms with Crippen molar-refractivity contribution in [3.05, 3.63) is 64.9 Å². The maximum atomic E-state index is 13.6. The summed E-state index contributed by atoms with van der Waals surface area (Å²) in [7, 11) is 0. The fourth-order valence-corrected chi connectivity index (χ4v) is 6.03. The summed E-state index contributed by atoms with van der Waals surface area (Å²) in [6.45, 7) is 5.83. The van der Waals surface area contributed by atoms with E-state index in [1.54, 1.807) is 40.2 Å². The molecule has 4 atom stereocenters. The Bertz CT molecular complexity index is 1630. The van der Waals surface area contributed by atoms with E-state index in [0.717, 1.165) is 11.1 Å². The van der Waals surface area contributed by atoms with Gasteiger partial charge in [0.15, 0.2) is 5.78 Å². The van der Waals surface area contributed by atoms with Gasteiger partial charge in [0.1, 0.15) is 34.5 Å². The van der Waals surface area contributed by atoms with E-state index in [9.17, 15) is 14.4 Å². The minimum absolute atomic E-state index is 0.0799. The number of rotatable bonds is 6. The van der Waals surface area contributed by atoms with Gasteiger partial charge < -0.3 is 10.2 Å². The lowest BCUT2D eigenvalue weighted by Crippen LogP contribution is -2.47. The van der Waals surface area contributed by atoms with E-state index < -0.39 is 6.04 Å². The third-order valence-corrected chi connectivity index (χ3v) is 8.22. The summed E-state index contributed by atoms with van der Waals surface area (Å²) in [5, 5.41) is 8.04. The Morgan fingerprint density at radius 1 is 1.10 bits per heavy atom. The number of amides is 2. The first kappa shape index (κ1) is 25.3. The van der Waals surface area contributed by atoms with Crippen molar-refractivity contribution in [3.63, 3.8) is 0 Å². The number of aryl methyl sites for hydroxylation is 1. The van der Waals surface area contributed by atoms with Crippen LogP contribution in [0, 0.1) is 24.7 Å². The Hall–Kier alpha value is -3.99. The fourth-order valence-electron chi connectivity index (χ4n) is 5.69. The van der Waals surface area contributed by atoms with Crippen molar-refractivity contribution in [1.29, 1.82) is 0 Å². The van der Waals surface area contributed by atoms with Gasteiger partial charge in [-0.1, -0.05) is 19.1 Å². The van der Waals surface area contributed by atoms with Crippen molar-refractivity contribution < 1.29 is 14.4 Å². The molecule has 2 amide bonds. The number of hydrogen-bond acceptors (Lipinski definition) is 7. The number of ketones is 1. The van der Waals surface area contributed by atoms with Crippen LogP contribution in [0.1, 0.15) is 30.2 Å². The average Bonchev–Trinajstić information content (AvgIpc) is 3.23. The van der Waals surface area contributed by atoms with Gasteiger partial charge in [0.25, 0.3) is 0 Å². The standard InChI is InChI=1S/C28H26BrN7O3/c1-14-20-12-35(27(25(14)20)28(39)33-23-6-4-5-22(29)32-23)24(38)13-36-21-8-7-17(18-10-30-16(3)31-11-18)9-19(21)26(34-36)15(2)37/h4-11,14,20,25,27H,12-13H2,1-3H3,(H,32,33,39)/t14?,20-,25+,27+/m1/s1. The fraction of sp³-hybridized carbons (Fsp3) is 0.321. The number of benzene rings is 1. The van der Waals surface area contributed by atoms with E-state index in [1.807, 2.05) is 25.1 Å². The molecule has 1 N–H and O–H groups in total. The van der Waals surface area contributed by atoms with E-state index in [2.05, 4.69) is 48.2 Å². The van der Waals surface area contributed by atoms with Crippen LogP contribution >= 0.6 is 15.9 Å². The molecule has 4 heterocycles. The number of carbonyl (C=O) groups is 3. The maximum absolute atomic E-state index is 13.6. The van der Waals surface area contributed by atoms with Gasteiger partial charge in [-0.2, -0.15) is 5.10 Å². The summed E-state index contributed by atoms with van der Waals surface area (Å²) >= 11 is 3.32. The highest BCUT2D eigenvalue weighted by Crippen LogP contribution is 2.55. The highest BCUT2D eigenvalue weighted by Gasteiger charge is 2.62. The van der Waals surface area contributed by atoms with Crippen LogP contribution in [0.5, 0.6) is 0 Å².